The molecule has 4 nitrogen and oxygen atoms in total. The van der Waals surface area contributed by atoms with Crippen LogP contribution in [0.1, 0.15) is 31.2 Å². The largest absolute Gasteiger partial charge is 0.506 e. The number of fused-ring (bicyclic) bond motifs is 1. The maximum Gasteiger partial charge on any atom is 0.231 e. The minimum absolute atomic E-state index is 0.0910. The van der Waals surface area contributed by atoms with Crippen molar-refractivity contribution in [2.24, 2.45) is 5.73 Å². The van der Waals surface area contributed by atoms with E-state index in [1.165, 1.54) is 0 Å². The van der Waals surface area contributed by atoms with Crippen LogP contribution in [0.25, 0.3) is 0 Å². The number of phenols is 1. The summed E-state index contributed by atoms with van der Waals surface area (Å²) in [6.45, 7) is 0.657. The molecule has 3 rings (SSSR count). The van der Waals surface area contributed by atoms with Gasteiger partial charge in [0.1, 0.15) is 10.8 Å². The summed E-state index contributed by atoms with van der Waals surface area (Å²) < 4.78 is 10.6. The van der Waals surface area contributed by atoms with E-state index in [9.17, 15) is 5.11 Å². The zero-order chi connectivity index (χ0) is 12.8. The Hall–Kier alpha value is -1.13. The molecule has 1 aromatic rings. The first kappa shape index (κ1) is 11.9. The Bertz CT molecular complexity index is 484. The molecule has 0 aromatic heterocycles. The first-order valence-electron chi connectivity index (χ1n) is 6.19. The van der Waals surface area contributed by atoms with Crippen LogP contribution in [0.3, 0.4) is 0 Å². The number of hydrogen-bond donors (Lipinski definition) is 2. The highest BCUT2D eigenvalue weighted by Gasteiger charge is 2.39. The van der Waals surface area contributed by atoms with E-state index in [0.29, 0.717) is 18.0 Å². The molecule has 0 radical (unpaired) electrons. The van der Waals surface area contributed by atoms with Gasteiger partial charge < -0.3 is 20.3 Å². The molecule has 0 spiro atoms. The average Bonchev–Trinajstić information content (AvgIpc) is 3.02. The smallest absolute Gasteiger partial charge is 0.231 e. The van der Waals surface area contributed by atoms with Crippen molar-refractivity contribution in [2.45, 2.75) is 31.1 Å². The highest BCUT2D eigenvalue weighted by molar-refractivity contribution is 6.34. The van der Waals surface area contributed by atoms with Gasteiger partial charge in [-0.3, -0.25) is 0 Å². The molecule has 1 saturated carbocycles. The molecule has 0 saturated heterocycles. The maximum absolute atomic E-state index is 10.3. The van der Waals surface area contributed by atoms with Gasteiger partial charge in [0, 0.05) is 17.5 Å². The van der Waals surface area contributed by atoms with E-state index < -0.39 is 0 Å². The maximum atomic E-state index is 10.3. The number of phenolic OH excluding ortho intramolecular Hbond substituents is 1. The van der Waals surface area contributed by atoms with Gasteiger partial charge in [0.05, 0.1) is 0 Å². The molecular weight excluding hydrogens is 254 g/mol. The van der Waals surface area contributed by atoms with Crippen LogP contribution in [0.4, 0.5) is 0 Å². The number of hydrogen-bond acceptors (Lipinski definition) is 4. The Labute approximate surface area is 111 Å². The van der Waals surface area contributed by atoms with Crippen molar-refractivity contribution in [3.8, 4) is 17.2 Å². The molecule has 5 heteroatoms. The van der Waals surface area contributed by atoms with Gasteiger partial charge in [0.15, 0.2) is 11.5 Å². The monoisotopic (exact) mass is 269 g/mol. The number of benzene rings is 1. The number of nitrogens with two attached hydrogens (primary N) is 1. The zero-order valence-corrected chi connectivity index (χ0v) is 10.8. The first-order valence-corrected chi connectivity index (χ1v) is 6.57. The van der Waals surface area contributed by atoms with Gasteiger partial charge in [0.25, 0.3) is 0 Å². The molecule has 3 N–H and O–H groups in total. The van der Waals surface area contributed by atoms with Crippen LogP contribution >= 0.6 is 11.6 Å². The fraction of sp³-hybridized carbons (Fsp3) is 0.538. The molecule has 1 heterocycles. The third-order valence-electron chi connectivity index (χ3n) is 4.10. The van der Waals surface area contributed by atoms with E-state index >= 15 is 0 Å². The van der Waals surface area contributed by atoms with Crippen molar-refractivity contribution in [1.29, 1.82) is 0 Å². The summed E-state index contributed by atoms with van der Waals surface area (Å²) >= 11 is 6.15. The predicted molar refractivity (Wildman–Crippen MR) is 68.4 cm³/mol. The Balaban J connectivity index is 2.15. The van der Waals surface area contributed by atoms with Crippen molar-refractivity contribution >= 4 is 11.6 Å². The van der Waals surface area contributed by atoms with Gasteiger partial charge in [-0.1, -0.05) is 24.4 Å². The van der Waals surface area contributed by atoms with Crippen LogP contribution in [0, 0.1) is 0 Å². The van der Waals surface area contributed by atoms with Crippen molar-refractivity contribution in [3.63, 3.8) is 0 Å². The lowest BCUT2D eigenvalue weighted by molar-refractivity contribution is 0.174. The summed E-state index contributed by atoms with van der Waals surface area (Å²) in [5.41, 5.74) is 6.57. The van der Waals surface area contributed by atoms with E-state index in [0.717, 1.165) is 31.2 Å². The lowest BCUT2D eigenvalue weighted by Crippen LogP contribution is -2.32. The van der Waals surface area contributed by atoms with Gasteiger partial charge in [-0.2, -0.15) is 0 Å². The standard InChI is InChI=1S/C13H16ClNO3/c14-10-11(16)8(5-9-12(10)18-7-17-9)13(6-15)3-1-2-4-13/h5,16H,1-4,6-7,15H2. The molecule has 1 aliphatic carbocycles. The van der Waals surface area contributed by atoms with E-state index in [1.54, 1.807) is 0 Å². The van der Waals surface area contributed by atoms with Gasteiger partial charge in [-0.25, -0.2) is 0 Å². The number of ether oxygens (including phenoxy) is 2. The summed E-state index contributed by atoms with van der Waals surface area (Å²) in [5.74, 6) is 1.13. The second kappa shape index (κ2) is 4.21. The first-order chi connectivity index (χ1) is 8.68. The predicted octanol–water partition coefficient (Wildman–Crippen LogP) is 2.54. The fourth-order valence-corrected chi connectivity index (χ4v) is 3.28. The van der Waals surface area contributed by atoms with Crippen molar-refractivity contribution < 1.29 is 14.6 Å². The normalized spacial score (nSPS) is 20.3. The molecule has 1 fully saturated rings. The van der Waals surface area contributed by atoms with Crippen LogP contribution in [0.15, 0.2) is 6.07 Å². The van der Waals surface area contributed by atoms with Crippen molar-refractivity contribution in [2.75, 3.05) is 13.3 Å². The molecule has 18 heavy (non-hydrogen) atoms. The molecule has 98 valence electrons. The fourth-order valence-electron chi connectivity index (χ4n) is 3.03. The van der Waals surface area contributed by atoms with Gasteiger partial charge >= 0.3 is 0 Å². The molecule has 0 atom stereocenters. The van der Waals surface area contributed by atoms with Crippen LogP contribution in [-0.4, -0.2) is 18.4 Å². The van der Waals surface area contributed by atoms with Crippen molar-refractivity contribution in [1.82, 2.24) is 0 Å². The Kier molecular flexibility index (Phi) is 2.79. The highest BCUT2D eigenvalue weighted by atomic mass is 35.5. The summed E-state index contributed by atoms with van der Waals surface area (Å²) in [6, 6.07) is 1.84. The molecule has 1 aromatic carbocycles. The van der Waals surface area contributed by atoms with E-state index in [4.69, 9.17) is 26.8 Å². The number of halogens is 1. The summed E-state index contributed by atoms with van der Waals surface area (Å²) in [6.07, 6.45) is 4.21. The number of aromatic hydroxyl groups is 1. The summed E-state index contributed by atoms with van der Waals surface area (Å²) in [7, 11) is 0. The lowest BCUT2D eigenvalue weighted by atomic mass is 9.78. The van der Waals surface area contributed by atoms with E-state index in [-0.39, 0.29) is 23.0 Å². The average molecular weight is 270 g/mol. The molecule has 0 amide bonds. The van der Waals surface area contributed by atoms with Crippen LogP contribution in [0.2, 0.25) is 5.02 Å². The Morgan fingerprint density at radius 2 is 2.06 bits per heavy atom. The van der Waals surface area contributed by atoms with Crippen LogP contribution in [-0.2, 0) is 5.41 Å². The summed E-state index contributed by atoms with van der Waals surface area (Å²) in [5, 5.41) is 10.5. The minimum atomic E-state index is -0.172. The third-order valence-corrected chi connectivity index (χ3v) is 4.45. The molecule has 1 aliphatic heterocycles. The van der Waals surface area contributed by atoms with E-state index in [2.05, 4.69) is 0 Å². The summed E-state index contributed by atoms with van der Waals surface area (Å²) in [4.78, 5) is 0. The quantitative estimate of drug-likeness (QED) is 0.866. The topological polar surface area (TPSA) is 64.7 Å². The molecular formula is C13H16ClNO3. The SMILES string of the molecule is NCC1(c2cc3c(c(Cl)c2O)OCO3)CCCC1. The second-order valence-corrected chi connectivity index (χ2v) is 5.39. The van der Waals surface area contributed by atoms with Gasteiger partial charge in [-0.05, 0) is 18.9 Å². The van der Waals surface area contributed by atoms with Gasteiger partial charge in [0.2, 0.25) is 6.79 Å². The Morgan fingerprint density at radius 3 is 2.72 bits per heavy atom. The molecule has 0 bridgehead atoms. The van der Waals surface area contributed by atoms with E-state index in [1.807, 2.05) is 6.07 Å². The second-order valence-electron chi connectivity index (χ2n) is 5.01. The minimum Gasteiger partial charge on any atom is -0.506 e. The Morgan fingerprint density at radius 1 is 1.33 bits per heavy atom. The van der Waals surface area contributed by atoms with Crippen LogP contribution < -0.4 is 15.2 Å². The molecule has 0 unspecified atom stereocenters. The van der Waals surface area contributed by atoms with Gasteiger partial charge in [-0.15, -0.1) is 0 Å². The molecule has 2 aliphatic rings. The third kappa shape index (κ3) is 1.56. The van der Waals surface area contributed by atoms with Crippen molar-refractivity contribution in [3.05, 3.63) is 16.7 Å². The van der Waals surface area contributed by atoms with Crippen LogP contribution in [0.5, 0.6) is 17.2 Å². The zero-order valence-electron chi connectivity index (χ0n) is 10.0. The lowest BCUT2D eigenvalue weighted by Gasteiger charge is -2.29. The number of rotatable bonds is 2. The highest BCUT2D eigenvalue weighted by Crippen LogP contribution is 2.52.